The number of hydrogen-bond acceptors (Lipinski definition) is 6. The van der Waals surface area contributed by atoms with Gasteiger partial charge in [-0.1, -0.05) is 87.9 Å². The number of fused-ring (bicyclic) bond motifs is 1. The second kappa shape index (κ2) is 24.9. The average molecular weight is 746 g/mol. The second-order valence-electron chi connectivity index (χ2n) is 12.3. The molecule has 4 aromatic carbocycles. The second-order valence-corrected chi connectivity index (χ2v) is 12.3. The van der Waals surface area contributed by atoms with Crippen molar-refractivity contribution < 1.29 is 24.2 Å². The summed E-state index contributed by atoms with van der Waals surface area (Å²) < 4.78 is 16.4. The van der Waals surface area contributed by atoms with Crippen molar-refractivity contribution in [2.75, 3.05) is 13.7 Å². The third kappa shape index (κ3) is 14.6. The summed E-state index contributed by atoms with van der Waals surface area (Å²) in [6, 6.07) is 27.8. The highest BCUT2D eigenvalue weighted by atomic mass is 19.1. The number of aromatic nitrogens is 2. The number of nitriles is 1. The first-order valence-electron chi connectivity index (χ1n) is 18.2. The zero-order chi connectivity index (χ0) is 40.6. The van der Waals surface area contributed by atoms with Gasteiger partial charge in [-0.25, -0.2) is 14.2 Å². The van der Waals surface area contributed by atoms with Gasteiger partial charge in [-0.15, -0.1) is 0 Å². The van der Waals surface area contributed by atoms with E-state index < -0.39 is 5.97 Å². The van der Waals surface area contributed by atoms with Gasteiger partial charge in [-0.2, -0.15) is 5.26 Å². The monoisotopic (exact) mass is 745 g/mol. The van der Waals surface area contributed by atoms with Gasteiger partial charge in [0.25, 0.3) is 0 Å². The molecule has 1 amide bonds. The highest BCUT2D eigenvalue weighted by molar-refractivity contribution is 5.87. The summed E-state index contributed by atoms with van der Waals surface area (Å²) in [6.07, 6.45) is 10.4. The number of nitrogens with zero attached hydrogens (tertiary/aromatic N) is 4. The van der Waals surface area contributed by atoms with E-state index in [1.165, 1.54) is 29.1 Å². The predicted molar refractivity (Wildman–Crippen MR) is 221 cm³/mol. The standard InChI is InChI=1S/C31H29FN4.C10H11NO3.C3H8.CH4O/c1-4-17-36-30-16-9-22(2)18-29(30)35-31(36)20-23-10-14-26(15-11-23)28(34-3)8-6-5-7-25-13-12-24(21-33)19-27(25)32;12-7-11-6-5-8-1-3-9(4-2-8)10(13)14;1-3-2;1-2/h5-6,8-16,18-19H,3-4,7,17,20H2,1-2H3;1-4,7H,5-6H2,(H,11,12)(H,13,14);3H2,1-2H3;2H,1H3/b6-5-,28-8-;;;. The summed E-state index contributed by atoms with van der Waals surface area (Å²) >= 11 is 0. The topological polar surface area (TPSA) is 141 Å². The van der Waals surface area contributed by atoms with E-state index in [4.69, 9.17) is 20.5 Å². The minimum absolute atomic E-state index is 0.275. The molecule has 0 saturated carbocycles. The number of imidazole rings is 1. The number of allylic oxidation sites excluding steroid dienone is 3. The maximum atomic E-state index is 14.1. The number of aromatic carboxylic acids is 1. The van der Waals surface area contributed by atoms with E-state index in [1.54, 1.807) is 36.4 Å². The van der Waals surface area contributed by atoms with E-state index in [9.17, 15) is 14.0 Å². The number of aryl methyl sites for hydroxylation is 2. The Kier molecular flexibility index (Phi) is 20.4. The van der Waals surface area contributed by atoms with Crippen LogP contribution in [0.4, 0.5) is 4.39 Å². The van der Waals surface area contributed by atoms with Gasteiger partial charge in [0.15, 0.2) is 0 Å². The normalized spacial score (nSPS) is 10.5. The third-order valence-corrected chi connectivity index (χ3v) is 7.96. The molecule has 0 atom stereocenters. The van der Waals surface area contributed by atoms with Crippen molar-refractivity contribution in [1.82, 2.24) is 14.9 Å². The number of nitrogens with one attached hydrogen (secondary N) is 1. The Hall–Kier alpha value is -6.18. The Labute approximate surface area is 324 Å². The zero-order valence-electron chi connectivity index (χ0n) is 32.4. The number of carbonyl (C=O) groups is 2. The van der Waals surface area contributed by atoms with Crippen LogP contribution in [-0.4, -0.2) is 52.5 Å². The van der Waals surface area contributed by atoms with Gasteiger partial charge in [0.05, 0.1) is 33.9 Å². The van der Waals surface area contributed by atoms with Crippen molar-refractivity contribution in [3.8, 4) is 6.07 Å². The largest absolute Gasteiger partial charge is 0.478 e. The lowest BCUT2D eigenvalue weighted by atomic mass is 10.1. The molecule has 1 aromatic heterocycles. The van der Waals surface area contributed by atoms with Crippen LogP contribution in [0.15, 0.2) is 108 Å². The van der Waals surface area contributed by atoms with Crippen molar-refractivity contribution in [2.45, 2.75) is 66.3 Å². The summed E-state index contributed by atoms with van der Waals surface area (Å²) in [4.78, 5) is 29.6. The molecule has 0 radical (unpaired) electrons. The maximum Gasteiger partial charge on any atom is 0.335 e. The Balaban J connectivity index is 0.000000458. The molecule has 0 saturated heterocycles. The van der Waals surface area contributed by atoms with Crippen LogP contribution in [-0.2, 0) is 30.6 Å². The van der Waals surface area contributed by atoms with Crippen molar-refractivity contribution >= 4 is 35.8 Å². The molecule has 9 nitrogen and oxygen atoms in total. The molecular formula is C45H52FN5O4. The fraction of sp³-hybridized carbons (Fsp3) is 0.267. The van der Waals surface area contributed by atoms with Gasteiger partial charge < -0.3 is 20.1 Å². The van der Waals surface area contributed by atoms with E-state index in [0.717, 1.165) is 54.7 Å². The van der Waals surface area contributed by atoms with Crippen molar-refractivity contribution in [2.24, 2.45) is 4.99 Å². The first-order chi connectivity index (χ1) is 26.7. The van der Waals surface area contributed by atoms with Gasteiger partial charge in [-0.3, -0.25) is 9.79 Å². The van der Waals surface area contributed by atoms with E-state index in [0.29, 0.717) is 36.9 Å². The zero-order valence-corrected chi connectivity index (χ0v) is 32.4. The predicted octanol–water partition coefficient (Wildman–Crippen LogP) is 8.89. The number of rotatable bonds is 14. The maximum absolute atomic E-state index is 14.1. The first-order valence-corrected chi connectivity index (χ1v) is 18.2. The number of carbonyl (C=O) groups excluding carboxylic acids is 1. The van der Waals surface area contributed by atoms with Gasteiger partial charge >= 0.3 is 5.97 Å². The molecule has 0 aliphatic carbocycles. The third-order valence-electron chi connectivity index (χ3n) is 7.96. The van der Waals surface area contributed by atoms with Gasteiger partial charge in [0.2, 0.25) is 6.41 Å². The van der Waals surface area contributed by atoms with Gasteiger partial charge in [-0.05, 0) is 97.6 Å². The molecular weight excluding hydrogens is 694 g/mol. The number of aliphatic hydroxyl groups is 1. The Morgan fingerprint density at radius 2 is 1.64 bits per heavy atom. The van der Waals surface area contributed by atoms with E-state index >= 15 is 0 Å². The molecule has 0 fully saturated rings. The van der Waals surface area contributed by atoms with Gasteiger partial charge in [0.1, 0.15) is 11.6 Å². The molecule has 1 heterocycles. The van der Waals surface area contributed by atoms with E-state index in [1.807, 2.05) is 36.4 Å². The Morgan fingerprint density at radius 3 is 2.22 bits per heavy atom. The lowest BCUT2D eigenvalue weighted by Gasteiger charge is -2.09. The summed E-state index contributed by atoms with van der Waals surface area (Å²) in [6.45, 7) is 13.7. The molecule has 10 heteroatoms. The van der Waals surface area contributed by atoms with E-state index in [2.05, 4.69) is 79.6 Å². The molecule has 0 aliphatic heterocycles. The number of amides is 1. The summed E-state index contributed by atoms with van der Waals surface area (Å²) in [5, 5.41) is 27.0. The number of hydrogen-bond donors (Lipinski definition) is 3. The fourth-order valence-electron chi connectivity index (χ4n) is 5.34. The number of aliphatic hydroxyl groups excluding tert-OH is 1. The molecule has 0 spiro atoms. The van der Waals surface area contributed by atoms with Crippen LogP contribution in [0.2, 0.25) is 0 Å². The lowest BCUT2D eigenvalue weighted by molar-refractivity contribution is -0.109. The molecule has 5 rings (SSSR count). The van der Waals surface area contributed by atoms with Crippen LogP contribution in [0.5, 0.6) is 0 Å². The highest BCUT2D eigenvalue weighted by Gasteiger charge is 2.11. The molecule has 0 aliphatic rings. The molecule has 0 unspecified atom stereocenters. The summed E-state index contributed by atoms with van der Waals surface area (Å²) in [5.74, 6) is -0.230. The first kappa shape index (κ1) is 45.0. The quantitative estimate of drug-likeness (QED) is 0.0449. The van der Waals surface area contributed by atoms with Crippen molar-refractivity contribution in [3.05, 3.63) is 154 Å². The molecule has 5 aromatic rings. The van der Waals surface area contributed by atoms with Crippen LogP contribution in [0.1, 0.15) is 83.2 Å². The minimum atomic E-state index is -0.928. The van der Waals surface area contributed by atoms with Crippen LogP contribution in [0.25, 0.3) is 16.7 Å². The van der Waals surface area contributed by atoms with Crippen LogP contribution < -0.4 is 5.32 Å². The van der Waals surface area contributed by atoms with Crippen LogP contribution >= 0.6 is 0 Å². The smallest absolute Gasteiger partial charge is 0.335 e. The number of carboxylic acids is 1. The fourth-order valence-corrected chi connectivity index (χ4v) is 5.34. The minimum Gasteiger partial charge on any atom is -0.478 e. The average Bonchev–Trinajstić information content (AvgIpc) is 3.52. The summed E-state index contributed by atoms with van der Waals surface area (Å²) in [7, 11) is 1.00. The van der Waals surface area contributed by atoms with Crippen LogP contribution in [0.3, 0.4) is 0 Å². The van der Waals surface area contributed by atoms with Gasteiger partial charge in [0, 0.05) is 32.2 Å². The number of carboxylic acid groups (broad SMARTS) is 1. The molecule has 55 heavy (non-hydrogen) atoms. The van der Waals surface area contributed by atoms with E-state index in [-0.39, 0.29) is 11.4 Å². The number of aliphatic imine (C=N–C) groups is 1. The molecule has 3 N–H and O–H groups in total. The molecule has 288 valence electrons. The lowest BCUT2D eigenvalue weighted by Crippen LogP contribution is -2.14. The van der Waals surface area contributed by atoms with Crippen molar-refractivity contribution in [3.63, 3.8) is 0 Å². The Morgan fingerprint density at radius 1 is 0.982 bits per heavy atom. The van der Waals surface area contributed by atoms with Crippen molar-refractivity contribution in [1.29, 1.82) is 5.26 Å². The van der Waals surface area contributed by atoms with Crippen LogP contribution in [0, 0.1) is 24.1 Å². The number of benzene rings is 4. The Bertz CT molecular complexity index is 2060. The summed E-state index contributed by atoms with van der Waals surface area (Å²) in [5.41, 5.74) is 8.46. The number of halogens is 1. The highest BCUT2D eigenvalue weighted by Crippen LogP contribution is 2.22. The SMILES string of the molecule is C=N/C(=C\C=C/Cc1ccc(C#N)cc1F)c1ccc(Cc2nc3cc(C)ccc3n2CCC)cc1.CCC.CO.O=CNCCc1ccc(C(=O)O)cc1. The molecule has 0 bridgehead atoms.